The molecule has 0 spiro atoms. The van der Waals surface area contributed by atoms with Crippen LogP contribution in [0.3, 0.4) is 0 Å². The number of benzene rings is 1. The summed E-state index contributed by atoms with van der Waals surface area (Å²) in [7, 11) is 0. The van der Waals surface area contributed by atoms with Crippen molar-refractivity contribution in [3.63, 3.8) is 0 Å². The van der Waals surface area contributed by atoms with Crippen LogP contribution in [0.4, 0.5) is 5.69 Å². The highest BCUT2D eigenvalue weighted by atomic mass is 35.5. The number of halogens is 1. The number of anilines is 1. The molecule has 2 aromatic rings. The molecule has 0 aliphatic carbocycles. The smallest absolute Gasteiger partial charge is 0.339 e. The number of nitrogens with zero attached hydrogens (tertiary/aromatic N) is 4. The molecule has 2 rings (SSSR count). The van der Waals surface area contributed by atoms with Crippen LogP contribution in [0, 0.1) is 11.3 Å². The summed E-state index contributed by atoms with van der Waals surface area (Å²) in [5.41, 5.74) is 0.257. The minimum Gasteiger partial charge on any atom is -0.478 e. The predicted octanol–water partition coefficient (Wildman–Crippen LogP) is 1.53. The van der Waals surface area contributed by atoms with E-state index in [2.05, 4.69) is 25.9 Å². The first-order chi connectivity index (χ1) is 9.63. The number of nitriles is 1. The minimum atomic E-state index is -1.18. The largest absolute Gasteiger partial charge is 0.478 e. The second-order valence-electron chi connectivity index (χ2n) is 3.52. The highest BCUT2D eigenvalue weighted by Crippen LogP contribution is 2.24. The number of tetrazole rings is 1. The number of aromatic carboxylic acids is 1. The maximum absolute atomic E-state index is 11.1. The summed E-state index contributed by atoms with van der Waals surface area (Å²) < 4.78 is 0. The SMILES string of the molecule is N#CC(=CNc1cccc(Cl)c1C(=O)O)c1nn[nH]n1. The number of H-pyrrole nitrogens is 1. The van der Waals surface area contributed by atoms with E-state index < -0.39 is 5.97 Å². The van der Waals surface area contributed by atoms with Gasteiger partial charge >= 0.3 is 5.97 Å². The Bertz CT molecular complexity index is 704. The molecule has 0 fully saturated rings. The number of aromatic nitrogens is 4. The Hall–Kier alpha value is -2.92. The van der Waals surface area contributed by atoms with E-state index in [9.17, 15) is 4.79 Å². The molecule has 0 aliphatic heterocycles. The number of allylic oxidation sites excluding steroid dienone is 1. The number of hydrogen-bond acceptors (Lipinski definition) is 6. The van der Waals surface area contributed by atoms with Gasteiger partial charge in [0.15, 0.2) is 0 Å². The Morgan fingerprint density at radius 1 is 1.55 bits per heavy atom. The first-order valence-electron chi connectivity index (χ1n) is 5.26. The van der Waals surface area contributed by atoms with Crippen molar-refractivity contribution < 1.29 is 9.90 Å². The molecule has 9 heteroatoms. The van der Waals surface area contributed by atoms with Gasteiger partial charge in [-0.25, -0.2) is 4.79 Å². The van der Waals surface area contributed by atoms with Crippen LogP contribution in [0.2, 0.25) is 5.02 Å². The fraction of sp³-hybridized carbons (Fsp3) is 0. The van der Waals surface area contributed by atoms with Crippen molar-refractivity contribution in [1.29, 1.82) is 5.26 Å². The van der Waals surface area contributed by atoms with Crippen molar-refractivity contribution in [3.8, 4) is 6.07 Å². The van der Waals surface area contributed by atoms with Gasteiger partial charge < -0.3 is 10.4 Å². The highest BCUT2D eigenvalue weighted by Gasteiger charge is 2.14. The van der Waals surface area contributed by atoms with E-state index in [-0.39, 0.29) is 27.7 Å². The molecular weight excluding hydrogens is 284 g/mol. The summed E-state index contributed by atoms with van der Waals surface area (Å²) in [4.78, 5) is 11.1. The van der Waals surface area contributed by atoms with Crippen molar-refractivity contribution in [2.24, 2.45) is 0 Å². The third-order valence-corrected chi connectivity index (χ3v) is 2.62. The van der Waals surface area contributed by atoms with Gasteiger partial charge in [-0.15, -0.1) is 10.2 Å². The molecule has 20 heavy (non-hydrogen) atoms. The van der Waals surface area contributed by atoms with Crippen LogP contribution in [0.25, 0.3) is 5.57 Å². The summed E-state index contributed by atoms with van der Waals surface area (Å²) in [5.74, 6) is -1.08. The molecule has 0 saturated heterocycles. The van der Waals surface area contributed by atoms with Crippen LogP contribution in [-0.2, 0) is 0 Å². The zero-order chi connectivity index (χ0) is 14.5. The molecule has 1 heterocycles. The Kier molecular flexibility index (Phi) is 3.93. The van der Waals surface area contributed by atoms with Crippen molar-refractivity contribution in [2.45, 2.75) is 0 Å². The van der Waals surface area contributed by atoms with E-state index in [1.54, 1.807) is 6.07 Å². The van der Waals surface area contributed by atoms with Crippen LogP contribution in [-0.4, -0.2) is 31.7 Å². The van der Waals surface area contributed by atoms with Crippen LogP contribution in [0.1, 0.15) is 16.2 Å². The van der Waals surface area contributed by atoms with E-state index in [4.69, 9.17) is 22.0 Å². The first kappa shape index (κ1) is 13.5. The van der Waals surface area contributed by atoms with Crippen molar-refractivity contribution in [1.82, 2.24) is 20.6 Å². The molecule has 0 unspecified atom stereocenters. The van der Waals surface area contributed by atoms with Gasteiger partial charge in [-0.3, -0.25) is 0 Å². The average molecular weight is 291 g/mol. The van der Waals surface area contributed by atoms with E-state index in [1.807, 2.05) is 6.07 Å². The van der Waals surface area contributed by atoms with Gasteiger partial charge in [-0.2, -0.15) is 10.5 Å². The monoisotopic (exact) mass is 290 g/mol. The maximum atomic E-state index is 11.1. The molecule has 1 aromatic carbocycles. The van der Waals surface area contributed by atoms with Gasteiger partial charge in [0.2, 0.25) is 5.82 Å². The Morgan fingerprint density at radius 2 is 2.35 bits per heavy atom. The molecule has 0 saturated carbocycles. The van der Waals surface area contributed by atoms with Crippen LogP contribution >= 0.6 is 11.6 Å². The molecule has 0 bridgehead atoms. The molecule has 8 nitrogen and oxygen atoms in total. The third kappa shape index (κ3) is 2.73. The fourth-order valence-electron chi connectivity index (χ4n) is 1.43. The predicted molar refractivity (Wildman–Crippen MR) is 69.8 cm³/mol. The van der Waals surface area contributed by atoms with Gasteiger partial charge in [0.25, 0.3) is 0 Å². The lowest BCUT2D eigenvalue weighted by atomic mass is 10.1. The van der Waals surface area contributed by atoms with Gasteiger partial charge in [0, 0.05) is 6.20 Å². The van der Waals surface area contributed by atoms with Crippen LogP contribution < -0.4 is 5.32 Å². The van der Waals surface area contributed by atoms with Gasteiger partial charge in [-0.1, -0.05) is 17.7 Å². The maximum Gasteiger partial charge on any atom is 0.339 e. The van der Waals surface area contributed by atoms with E-state index in [0.29, 0.717) is 0 Å². The van der Waals surface area contributed by atoms with Crippen molar-refractivity contribution in [2.75, 3.05) is 5.32 Å². The molecule has 0 aliphatic rings. The van der Waals surface area contributed by atoms with Crippen molar-refractivity contribution in [3.05, 3.63) is 40.8 Å². The normalized spacial score (nSPS) is 10.9. The molecule has 0 atom stereocenters. The van der Waals surface area contributed by atoms with Gasteiger partial charge in [0.05, 0.1) is 10.7 Å². The van der Waals surface area contributed by atoms with E-state index in [0.717, 1.165) is 0 Å². The number of nitrogens with one attached hydrogen (secondary N) is 2. The van der Waals surface area contributed by atoms with Gasteiger partial charge in [-0.05, 0) is 17.3 Å². The molecular formula is C11H7ClN6O2. The number of aromatic amines is 1. The van der Waals surface area contributed by atoms with E-state index in [1.165, 1.54) is 18.3 Å². The minimum absolute atomic E-state index is 0.0872. The second-order valence-corrected chi connectivity index (χ2v) is 3.92. The molecule has 0 radical (unpaired) electrons. The average Bonchev–Trinajstić information content (AvgIpc) is 2.93. The summed E-state index contributed by atoms with van der Waals surface area (Å²) in [5, 5.41) is 33.7. The van der Waals surface area contributed by atoms with Crippen LogP contribution in [0.15, 0.2) is 24.4 Å². The third-order valence-electron chi connectivity index (χ3n) is 2.31. The Balaban J connectivity index is 2.34. The molecule has 100 valence electrons. The van der Waals surface area contributed by atoms with Crippen molar-refractivity contribution >= 4 is 28.8 Å². The first-order valence-corrected chi connectivity index (χ1v) is 5.63. The van der Waals surface area contributed by atoms with Crippen LogP contribution in [0.5, 0.6) is 0 Å². The summed E-state index contributed by atoms with van der Waals surface area (Å²) in [6.07, 6.45) is 1.28. The lowest BCUT2D eigenvalue weighted by Gasteiger charge is -2.07. The number of carboxylic acids is 1. The molecule has 3 N–H and O–H groups in total. The lowest BCUT2D eigenvalue weighted by Crippen LogP contribution is -2.03. The number of carbonyl (C=O) groups is 1. The second kappa shape index (κ2) is 5.81. The standard InChI is InChI=1S/C11H7ClN6O2/c12-7-2-1-3-8(9(7)11(19)20)14-5-6(4-13)10-15-17-18-16-10/h1-3,5,14H,(H,19,20)(H,15,16,17,18). The zero-order valence-corrected chi connectivity index (χ0v) is 10.6. The topological polar surface area (TPSA) is 128 Å². The Morgan fingerprint density at radius 3 is 2.95 bits per heavy atom. The van der Waals surface area contributed by atoms with Gasteiger partial charge in [0.1, 0.15) is 17.2 Å². The Labute approximate surface area is 117 Å². The van der Waals surface area contributed by atoms with E-state index >= 15 is 0 Å². The molecule has 0 amide bonds. The summed E-state index contributed by atoms with van der Waals surface area (Å²) >= 11 is 5.83. The highest BCUT2D eigenvalue weighted by molar-refractivity contribution is 6.34. The quantitative estimate of drug-likeness (QED) is 0.728. The lowest BCUT2D eigenvalue weighted by molar-refractivity contribution is 0.0698. The summed E-state index contributed by atoms with van der Waals surface area (Å²) in [6, 6.07) is 6.45. The number of carboxylic acid groups (broad SMARTS) is 1. The molecule has 1 aromatic heterocycles. The fourth-order valence-corrected chi connectivity index (χ4v) is 1.69. The number of rotatable bonds is 4. The number of hydrogen-bond donors (Lipinski definition) is 3. The summed E-state index contributed by atoms with van der Waals surface area (Å²) in [6.45, 7) is 0. The zero-order valence-electron chi connectivity index (χ0n) is 9.83.